The Morgan fingerprint density at radius 3 is 1.48 bits per heavy atom. The number of rotatable bonds is 41. The van der Waals surface area contributed by atoms with Crippen molar-refractivity contribution < 1.29 is 37.6 Å². The second-order valence-corrected chi connectivity index (χ2v) is 16.0. The van der Waals surface area contributed by atoms with Crippen molar-refractivity contribution in [2.75, 3.05) is 26.4 Å². The predicted molar refractivity (Wildman–Crippen MR) is 233 cm³/mol. The first-order valence-corrected chi connectivity index (χ1v) is 23.8. The van der Waals surface area contributed by atoms with Crippen molar-refractivity contribution in [3.63, 3.8) is 0 Å². The van der Waals surface area contributed by atoms with Gasteiger partial charge in [0.25, 0.3) is 0 Å². The van der Waals surface area contributed by atoms with Crippen molar-refractivity contribution in [2.24, 2.45) is 5.73 Å². The Morgan fingerprint density at radius 2 is 0.982 bits per heavy atom. The summed E-state index contributed by atoms with van der Waals surface area (Å²) in [6, 6.07) is 0. The van der Waals surface area contributed by atoms with Crippen LogP contribution in [0.25, 0.3) is 0 Å². The van der Waals surface area contributed by atoms with Gasteiger partial charge in [0.15, 0.2) is 6.10 Å². The molecule has 0 saturated heterocycles. The third-order valence-corrected chi connectivity index (χ3v) is 10.1. The maximum absolute atomic E-state index is 12.6. The van der Waals surface area contributed by atoms with Gasteiger partial charge in [-0.25, -0.2) is 4.57 Å². The SMILES string of the molecule is CC/C=C\C/C=C\C/C=C\C/C=C\CCCCCCCCCCCCCCC(=O)OC(COC(=O)CCCCCCC/C=C\CCC)COP(=O)(O)OCCN. The second kappa shape index (κ2) is 42.3. The molecule has 0 aromatic carbocycles. The van der Waals surface area contributed by atoms with Crippen LogP contribution in [0.4, 0.5) is 0 Å². The van der Waals surface area contributed by atoms with Crippen LogP contribution in [0.5, 0.6) is 0 Å². The van der Waals surface area contributed by atoms with E-state index in [1.54, 1.807) is 0 Å². The van der Waals surface area contributed by atoms with Crippen LogP contribution in [0.1, 0.15) is 187 Å². The first-order chi connectivity index (χ1) is 27.3. The molecule has 0 aliphatic rings. The Balaban J connectivity index is 4.03. The highest BCUT2D eigenvalue weighted by Crippen LogP contribution is 2.43. The molecule has 0 amide bonds. The van der Waals surface area contributed by atoms with E-state index < -0.39 is 32.5 Å². The molecule has 0 bridgehead atoms. The molecule has 0 aliphatic carbocycles. The van der Waals surface area contributed by atoms with Gasteiger partial charge in [0, 0.05) is 19.4 Å². The van der Waals surface area contributed by atoms with Crippen molar-refractivity contribution in [1.82, 2.24) is 0 Å². The van der Waals surface area contributed by atoms with Crippen molar-refractivity contribution in [2.45, 2.75) is 193 Å². The molecule has 0 saturated carbocycles. The molecule has 9 nitrogen and oxygen atoms in total. The van der Waals surface area contributed by atoms with Gasteiger partial charge in [-0.15, -0.1) is 0 Å². The van der Waals surface area contributed by atoms with Crippen LogP contribution in [0.3, 0.4) is 0 Å². The zero-order valence-electron chi connectivity index (χ0n) is 35.6. The molecular weight excluding hydrogens is 725 g/mol. The molecule has 0 aromatic rings. The molecule has 3 N–H and O–H groups in total. The van der Waals surface area contributed by atoms with E-state index >= 15 is 0 Å². The van der Waals surface area contributed by atoms with Crippen LogP contribution in [-0.2, 0) is 32.7 Å². The number of allylic oxidation sites excluding steroid dienone is 10. The second-order valence-electron chi connectivity index (χ2n) is 14.5. The monoisotopic (exact) mass is 808 g/mol. The average molecular weight is 808 g/mol. The van der Waals surface area contributed by atoms with Crippen LogP contribution in [0.15, 0.2) is 60.8 Å². The lowest BCUT2D eigenvalue weighted by molar-refractivity contribution is -0.161. The molecule has 10 heteroatoms. The van der Waals surface area contributed by atoms with E-state index in [0.29, 0.717) is 6.42 Å². The molecule has 324 valence electrons. The number of carbonyl (C=O) groups is 2. The van der Waals surface area contributed by atoms with Crippen LogP contribution in [0, 0.1) is 0 Å². The van der Waals surface area contributed by atoms with Crippen LogP contribution < -0.4 is 5.73 Å². The van der Waals surface area contributed by atoms with Gasteiger partial charge in [0.2, 0.25) is 0 Å². The Bertz CT molecular complexity index is 1100. The maximum Gasteiger partial charge on any atom is 0.472 e. The maximum atomic E-state index is 12.6. The number of hydrogen-bond donors (Lipinski definition) is 2. The summed E-state index contributed by atoms with van der Waals surface area (Å²) in [6.07, 6.45) is 49.8. The predicted octanol–water partition coefficient (Wildman–Crippen LogP) is 12.9. The number of esters is 2. The number of unbranched alkanes of at least 4 members (excludes halogenated alkanes) is 18. The van der Waals surface area contributed by atoms with Gasteiger partial charge in [-0.3, -0.25) is 18.6 Å². The minimum Gasteiger partial charge on any atom is -0.462 e. The van der Waals surface area contributed by atoms with Gasteiger partial charge in [-0.05, 0) is 70.6 Å². The quantitative estimate of drug-likeness (QED) is 0.0268. The summed E-state index contributed by atoms with van der Waals surface area (Å²) in [4.78, 5) is 34.8. The highest BCUT2D eigenvalue weighted by molar-refractivity contribution is 7.47. The Morgan fingerprint density at radius 1 is 0.554 bits per heavy atom. The molecule has 0 aromatic heterocycles. The number of hydrogen-bond acceptors (Lipinski definition) is 8. The molecule has 2 atom stereocenters. The van der Waals surface area contributed by atoms with Gasteiger partial charge in [-0.1, -0.05) is 164 Å². The summed E-state index contributed by atoms with van der Waals surface area (Å²) in [5.74, 6) is -0.845. The minimum atomic E-state index is -4.38. The molecular formula is C46H82NO8P. The van der Waals surface area contributed by atoms with E-state index in [1.165, 1.54) is 64.2 Å². The highest BCUT2D eigenvalue weighted by Gasteiger charge is 2.26. The third-order valence-electron chi connectivity index (χ3n) is 9.12. The number of phosphoric acid groups is 1. The summed E-state index contributed by atoms with van der Waals surface area (Å²) < 4.78 is 32.7. The lowest BCUT2D eigenvalue weighted by atomic mass is 10.0. The first kappa shape index (κ1) is 53.7. The van der Waals surface area contributed by atoms with E-state index in [4.69, 9.17) is 24.3 Å². The molecule has 0 fully saturated rings. The third kappa shape index (κ3) is 41.3. The zero-order valence-corrected chi connectivity index (χ0v) is 36.5. The largest absolute Gasteiger partial charge is 0.472 e. The highest BCUT2D eigenvalue weighted by atomic mass is 31.2. The summed E-state index contributed by atoms with van der Waals surface area (Å²) in [6.45, 7) is 3.54. The lowest BCUT2D eigenvalue weighted by Crippen LogP contribution is -2.29. The van der Waals surface area contributed by atoms with Crippen molar-refractivity contribution in [1.29, 1.82) is 0 Å². The fourth-order valence-corrected chi connectivity index (χ4v) is 6.63. The summed E-state index contributed by atoms with van der Waals surface area (Å²) in [5.41, 5.74) is 5.34. The van der Waals surface area contributed by atoms with E-state index in [1.807, 2.05) is 0 Å². The normalized spacial score (nSPS) is 13.9. The van der Waals surface area contributed by atoms with Gasteiger partial charge in [-0.2, -0.15) is 0 Å². The summed E-state index contributed by atoms with van der Waals surface area (Å²) in [7, 11) is -4.38. The van der Waals surface area contributed by atoms with Crippen molar-refractivity contribution >= 4 is 19.8 Å². The van der Waals surface area contributed by atoms with E-state index in [-0.39, 0.29) is 32.6 Å². The van der Waals surface area contributed by atoms with Gasteiger partial charge < -0.3 is 20.1 Å². The van der Waals surface area contributed by atoms with E-state index in [0.717, 1.165) is 89.9 Å². The topological polar surface area (TPSA) is 134 Å². The Kier molecular flexibility index (Phi) is 40.6. The summed E-state index contributed by atoms with van der Waals surface area (Å²) in [5, 5.41) is 0. The van der Waals surface area contributed by atoms with Gasteiger partial charge >= 0.3 is 19.8 Å². The van der Waals surface area contributed by atoms with Crippen LogP contribution in [0.2, 0.25) is 0 Å². The molecule has 0 aliphatic heterocycles. The Labute approximate surface area is 342 Å². The van der Waals surface area contributed by atoms with Crippen molar-refractivity contribution in [3.05, 3.63) is 60.8 Å². The fraction of sp³-hybridized carbons (Fsp3) is 0.739. The summed E-state index contributed by atoms with van der Waals surface area (Å²) >= 11 is 0. The smallest absolute Gasteiger partial charge is 0.462 e. The molecule has 2 unspecified atom stereocenters. The number of nitrogens with two attached hydrogens (primary N) is 1. The molecule has 0 rings (SSSR count). The Hall–Kier alpha value is -2.29. The number of carbonyl (C=O) groups excluding carboxylic acids is 2. The van der Waals surface area contributed by atoms with Gasteiger partial charge in [0.05, 0.1) is 13.2 Å². The van der Waals surface area contributed by atoms with Crippen LogP contribution in [-0.4, -0.2) is 49.3 Å². The number of ether oxygens (including phenoxy) is 2. The minimum absolute atomic E-state index is 0.0502. The zero-order chi connectivity index (χ0) is 41.1. The van der Waals surface area contributed by atoms with Crippen molar-refractivity contribution in [3.8, 4) is 0 Å². The molecule has 56 heavy (non-hydrogen) atoms. The standard InChI is InChI=1S/C46H82NO8P/c1-3-5-7-9-11-13-15-16-17-18-19-20-21-22-23-24-25-26-27-28-29-31-33-35-37-39-46(49)55-44(43-54-56(50,51)53-41-40-47)42-52-45(48)38-36-34-32-30-14-12-10-8-6-4-2/h5,7-8,10-11,13,16-17,19-20,44H,3-4,6,9,12,14-15,18,21-43,47H2,1-2H3,(H,50,51)/b7-5-,10-8-,13-11-,17-16-,20-19-. The number of phosphoric ester groups is 1. The average Bonchev–Trinajstić information content (AvgIpc) is 3.18. The lowest BCUT2D eigenvalue weighted by Gasteiger charge is -2.19. The molecule has 0 radical (unpaired) electrons. The van der Waals surface area contributed by atoms with E-state index in [2.05, 4.69) is 74.6 Å². The molecule has 0 spiro atoms. The fourth-order valence-electron chi connectivity index (χ4n) is 5.86. The molecule has 0 heterocycles. The van der Waals surface area contributed by atoms with Gasteiger partial charge in [0.1, 0.15) is 6.61 Å². The van der Waals surface area contributed by atoms with Crippen LogP contribution >= 0.6 is 7.82 Å². The van der Waals surface area contributed by atoms with E-state index in [9.17, 15) is 19.0 Å². The first-order valence-electron chi connectivity index (χ1n) is 22.3.